The van der Waals surface area contributed by atoms with Gasteiger partial charge in [-0.25, -0.2) is 9.18 Å². The molecule has 2 rings (SSSR count). The third-order valence-corrected chi connectivity index (χ3v) is 2.47. The maximum Gasteiger partial charge on any atom is 0.335 e. The number of carboxylic acids is 1. The van der Waals surface area contributed by atoms with E-state index in [9.17, 15) is 9.18 Å². The molecule has 2 nitrogen and oxygen atoms in total. The van der Waals surface area contributed by atoms with E-state index in [1.807, 2.05) is 12.1 Å². The lowest BCUT2D eigenvalue weighted by Gasteiger charge is -2.03. The van der Waals surface area contributed by atoms with Crippen molar-refractivity contribution in [2.75, 3.05) is 0 Å². The number of benzene rings is 2. The largest absolute Gasteiger partial charge is 0.478 e. The molecule has 2 aromatic carbocycles. The summed E-state index contributed by atoms with van der Waals surface area (Å²) in [7, 11) is 0. The molecule has 17 heavy (non-hydrogen) atoms. The molecule has 0 aliphatic heterocycles. The van der Waals surface area contributed by atoms with Gasteiger partial charge >= 0.3 is 5.97 Å². The molecule has 0 spiro atoms. The molecule has 0 unspecified atom stereocenters. The number of hydrogen-bond donors (Lipinski definition) is 1. The Labute approximate surface area is 98.3 Å². The number of carboxylic acid groups (broad SMARTS) is 1. The van der Waals surface area contributed by atoms with Gasteiger partial charge in [-0.05, 0) is 41.8 Å². The molecule has 0 aromatic heterocycles. The monoisotopic (exact) mass is 230 g/mol. The molecular formula is C14H11FO2. The highest BCUT2D eigenvalue weighted by Crippen LogP contribution is 2.12. The summed E-state index contributed by atoms with van der Waals surface area (Å²) < 4.78 is 13.0. The summed E-state index contributed by atoms with van der Waals surface area (Å²) in [6, 6.07) is 13.0. The van der Waals surface area contributed by atoms with Gasteiger partial charge in [0.05, 0.1) is 5.56 Å². The van der Waals surface area contributed by atoms with Crippen molar-refractivity contribution in [3.05, 3.63) is 71.0 Å². The molecule has 0 atom stereocenters. The van der Waals surface area contributed by atoms with Crippen LogP contribution in [0.4, 0.5) is 4.39 Å². The minimum absolute atomic E-state index is 0.249. The zero-order valence-electron chi connectivity index (χ0n) is 9.06. The molecule has 0 bridgehead atoms. The highest BCUT2D eigenvalue weighted by Gasteiger charge is 2.04. The van der Waals surface area contributed by atoms with E-state index in [1.165, 1.54) is 18.2 Å². The summed E-state index contributed by atoms with van der Waals surface area (Å²) in [5.41, 5.74) is 1.93. The van der Waals surface area contributed by atoms with Crippen LogP contribution in [0.5, 0.6) is 0 Å². The zero-order valence-corrected chi connectivity index (χ0v) is 9.06. The summed E-state index contributed by atoms with van der Waals surface area (Å²) >= 11 is 0. The van der Waals surface area contributed by atoms with E-state index in [4.69, 9.17) is 5.11 Å². The first-order valence-corrected chi connectivity index (χ1v) is 5.22. The maximum atomic E-state index is 13.0. The third kappa shape index (κ3) is 2.91. The van der Waals surface area contributed by atoms with Gasteiger partial charge in [0.15, 0.2) is 0 Å². The van der Waals surface area contributed by atoms with Crippen LogP contribution in [0.15, 0.2) is 48.5 Å². The molecule has 0 radical (unpaired) electrons. The highest BCUT2D eigenvalue weighted by molar-refractivity contribution is 5.87. The van der Waals surface area contributed by atoms with Gasteiger partial charge in [-0.3, -0.25) is 0 Å². The van der Waals surface area contributed by atoms with Gasteiger partial charge in [0.1, 0.15) is 5.82 Å². The van der Waals surface area contributed by atoms with E-state index in [0.717, 1.165) is 11.1 Å². The Bertz CT molecular complexity index is 549. The molecule has 0 saturated heterocycles. The number of rotatable bonds is 3. The lowest BCUT2D eigenvalue weighted by atomic mass is 10.0. The molecule has 0 aliphatic rings. The van der Waals surface area contributed by atoms with E-state index >= 15 is 0 Å². The normalized spacial score (nSPS) is 10.2. The third-order valence-electron chi connectivity index (χ3n) is 2.47. The molecule has 86 valence electrons. The van der Waals surface area contributed by atoms with Gasteiger partial charge in [-0.2, -0.15) is 0 Å². The molecule has 0 heterocycles. The van der Waals surface area contributed by atoms with Gasteiger partial charge in [0, 0.05) is 0 Å². The molecule has 0 saturated carbocycles. The Morgan fingerprint density at radius 3 is 2.35 bits per heavy atom. The van der Waals surface area contributed by atoms with Crippen LogP contribution in [0.2, 0.25) is 0 Å². The van der Waals surface area contributed by atoms with Crippen molar-refractivity contribution in [3.8, 4) is 0 Å². The average Bonchev–Trinajstić information content (AvgIpc) is 2.29. The Balaban J connectivity index is 2.24. The minimum atomic E-state index is -0.953. The smallest absolute Gasteiger partial charge is 0.335 e. The van der Waals surface area contributed by atoms with Gasteiger partial charge in [-0.15, -0.1) is 0 Å². The van der Waals surface area contributed by atoms with Crippen molar-refractivity contribution in [1.82, 2.24) is 0 Å². The Morgan fingerprint density at radius 2 is 1.71 bits per heavy atom. The fraction of sp³-hybridized carbons (Fsp3) is 0.0714. The standard InChI is InChI=1S/C14H11FO2/c15-13-6-2-4-11(9-13)7-10-3-1-5-12(8-10)14(16)17/h1-6,8-9H,7H2,(H,16,17). The molecule has 0 fully saturated rings. The summed E-state index contributed by atoms with van der Waals surface area (Å²) in [6.45, 7) is 0. The van der Waals surface area contributed by atoms with Crippen LogP contribution < -0.4 is 0 Å². The number of aromatic carboxylic acids is 1. The van der Waals surface area contributed by atoms with E-state index in [1.54, 1.807) is 18.2 Å². The number of carbonyl (C=O) groups is 1. The molecule has 0 amide bonds. The predicted octanol–water partition coefficient (Wildman–Crippen LogP) is 3.11. The first-order valence-electron chi connectivity index (χ1n) is 5.22. The second-order valence-electron chi connectivity index (χ2n) is 3.81. The van der Waals surface area contributed by atoms with Crippen LogP contribution in [0.3, 0.4) is 0 Å². The van der Waals surface area contributed by atoms with E-state index in [2.05, 4.69) is 0 Å². The van der Waals surface area contributed by atoms with Gasteiger partial charge in [0.25, 0.3) is 0 Å². The SMILES string of the molecule is O=C(O)c1cccc(Cc2cccc(F)c2)c1. The number of halogens is 1. The fourth-order valence-corrected chi connectivity index (χ4v) is 1.70. The van der Waals surface area contributed by atoms with Crippen molar-refractivity contribution >= 4 is 5.97 Å². The first-order chi connectivity index (χ1) is 8.15. The second-order valence-corrected chi connectivity index (χ2v) is 3.81. The predicted molar refractivity (Wildman–Crippen MR) is 62.6 cm³/mol. The van der Waals surface area contributed by atoms with Crippen LogP contribution in [-0.2, 0) is 6.42 Å². The van der Waals surface area contributed by atoms with Gasteiger partial charge in [-0.1, -0.05) is 24.3 Å². The molecule has 0 aliphatic carbocycles. The Morgan fingerprint density at radius 1 is 1.06 bits per heavy atom. The number of hydrogen-bond acceptors (Lipinski definition) is 1. The lowest BCUT2D eigenvalue weighted by Crippen LogP contribution is -1.97. The van der Waals surface area contributed by atoms with E-state index < -0.39 is 5.97 Å². The zero-order chi connectivity index (χ0) is 12.3. The molecular weight excluding hydrogens is 219 g/mol. The van der Waals surface area contributed by atoms with E-state index in [-0.39, 0.29) is 11.4 Å². The lowest BCUT2D eigenvalue weighted by molar-refractivity contribution is 0.0697. The fourth-order valence-electron chi connectivity index (χ4n) is 1.70. The van der Waals surface area contributed by atoms with Crippen molar-refractivity contribution in [2.45, 2.75) is 6.42 Å². The Hall–Kier alpha value is -2.16. The van der Waals surface area contributed by atoms with Gasteiger partial charge in [0.2, 0.25) is 0 Å². The average molecular weight is 230 g/mol. The first kappa shape index (κ1) is 11.3. The van der Waals surface area contributed by atoms with Crippen LogP contribution >= 0.6 is 0 Å². The second kappa shape index (κ2) is 4.78. The summed E-state index contributed by atoms with van der Waals surface area (Å²) in [5.74, 6) is -1.23. The Kier molecular flexibility index (Phi) is 3.19. The molecule has 2 aromatic rings. The topological polar surface area (TPSA) is 37.3 Å². The van der Waals surface area contributed by atoms with Crippen molar-refractivity contribution in [1.29, 1.82) is 0 Å². The van der Waals surface area contributed by atoms with Gasteiger partial charge < -0.3 is 5.11 Å². The summed E-state index contributed by atoms with van der Waals surface area (Å²) in [4.78, 5) is 10.8. The van der Waals surface area contributed by atoms with Crippen molar-refractivity contribution < 1.29 is 14.3 Å². The minimum Gasteiger partial charge on any atom is -0.478 e. The maximum absolute atomic E-state index is 13.0. The molecule has 1 N–H and O–H groups in total. The summed E-state index contributed by atoms with van der Waals surface area (Å²) in [5, 5.41) is 8.86. The van der Waals surface area contributed by atoms with Crippen LogP contribution in [0.25, 0.3) is 0 Å². The summed E-state index contributed by atoms with van der Waals surface area (Å²) in [6.07, 6.45) is 0.527. The van der Waals surface area contributed by atoms with Crippen molar-refractivity contribution in [2.24, 2.45) is 0 Å². The van der Waals surface area contributed by atoms with Crippen LogP contribution in [0.1, 0.15) is 21.5 Å². The van der Waals surface area contributed by atoms with Crippen molar-refractivity contribution in [3.63, 3.8) is 0 Å². The quantitative estimate of drug-likeness (QED) is 0.879. The molecule has 3 heteroatoms. The van der Waals surface area contributed by atoms with E-state index in [0.29, 0.717) is 6.42 Å². The van der Waals surface area contributed by atoms with Crippen LogP contribution in [0, 0.1) is 5.82 Å². The van der Waals surface area contributed by atoms with Crippen LogP contribution in [-0.4, -0.2) is 11.1 Å². The highest BCUT2D eigenvalue weighted by atomic mass is 19.1.